The first-order valence-corrected chi connectivity index (χ1v) is 30.6. The van der Waals surface area contributed by atoms with Gasteiger partial charge in [0.05, 0.1) is 57.2 Å². The van der Waals surface area contributed by atoms with Crippen LogP contribution in [0.5, 0.6) is 17.2 Å². The number of ether oxygens (including phenoxy) is 3. The smallest absolute Gasteiger partial charge is 1.00 e. The fourth-order valence-corrected chi connectivity index (χ4v) is 11.1. The summed E-state index contributed by atoms with van der Waals surface area (Å²) in [6, 6.07) is 34.3. The number of benzene rings is 3. The minimum absolute atomic E-state index is 0. The number of rotatable bonds is 19. The summed E-state index contributed by atoms with van der Waals surface area (Å²) < 4.78 is 15.7. The number of alkyl halides is 2. The number of aliphatic hydroxyl groups excluding tert-OH is 1. The fourth-order valence-electron chi connectivity index (χ4n) is 8.09. The van der Waals surface area contributed by atoms with Gasteiger partial charge in [-0.3, -0.25) is 39.1 Å². The molecule has 10 rings (SSSR count). The van der Waals surface area contributed by atoms with Gasteiger partial charge in [0.2, 0.25) is 17.7 Å². The summed E-state index contributed by atoms with van der Waals surface area (Å²) in [6.07, 6.45) is 14.5. The second-order valence-corrected chi connectivity index (χ2v) is 21.8. The third-order valence-electron chi connectivity index (χ3n) is 12.2. The van der Waals surface area contributed by atoms with Crippen LogP contribution in [0, 0.1) is 0 Å². The zero-order valence-corrected chi connectivity index (χ0v) is 53.5. The van der Waals surface area contributed by atoms with Crippen LogP contribution in [-0.4, -0.2) is 104 Å². The quantitative estimate of drug-likeness (QED) is 0.0574. The first-order chi connectivity index (χ1) is 39.6. The molecule has 1 fully saturated rings. The molecule has 422 valence electrons. The molecular weight excluding hydrogens is 1240 g/mol. The topological polar surface area (TPSA) is 195 Å². The van der Waals surface area contributed by atoms with Crippen LogP contribution in [0.4, 0.5) is 15.4 Å². The molecule has 1 aliphatic rings. The molecule has 3 amide bonds. The number of carbonyl (C=O) groups is 3. The molecule has 22 heteroatoms. The maximum Gasteiger partial charge on any atom is 1.00 e. The monoisotopic (exact) mass is 1300 g/mol. The summed E-state index contributed by atoms with van der Waals surface area (Å²) in [6.45, 7) is 1.63. The number of thiazole rings is 3. The van der Waals surface area contributed by atoms with E-state index in [0.29, 0.717) is 31.2 Å². The van der Waals surface area contributed by atoms with E-state index in [1.807, 2.05) is 130 Å². The Bertz CT molecular complexity index is 3370. The van der Waals surface area contributed by atoms with E-state index >= 15 is 0 Å². The van der Waals surface area contributed by atoms with Crippen LogP contribution < -0.4 is 58.9 Å². The van der Waals surface area contributed by atoms with Crippen LogP contribution in [0.1, 0.15) is 49.7 Å². The second-order valence-electron chi connectivity index (χ2n) is 17.7. The van der Waals surface area contributed by atoms with Crippen molar-refractivity contribution < 1.29 is 64.7 Å². The molecule has 1 atom stereocenters. The Labute approximate surface area is 530 Å². The summed E-state index contributed by atoms with van der Waals surface area (Å²) in [5, 5.41) is 20.6. The van der Waals surface area contributed by atoms with Crippen LogP contribution in [0.3, 0.4) is 0 Å². The summed E-state index contributed by atoms with van der Waals surface area (Å²) >= 11 is 11.0. The Kier molecular flexibility index (Phi) is 27.7. The predicted octanol–water partition coefficient (Wildman–Crippen LogP) is 9.97. The summed E-state index contributed by atoms with van der Waals surface area (Å²) in [5.74, 6) is 2.16. The molecule has 3 aromatic carbocycles. The largest absolute Gasteiger partial charge is 1.00 e. The van der Waals surface area contributed by atoms with Gasteiger partial charge in [-0.25, -0.2) is 15.0 Å². The summed E-state index contributed by atoms with van der Waals surface area (Å²) in [4.78, 5) is 67.7. The van der Waals surface area contributed by atoms with Crippen LogP contribution in [0.25, 0.3) is 33.8 Å². The molecule has 1 unspecified atom stereocenters. The van der Waals surface area contributed by atoms with Gasteiger partial charge in [0, 0.05) is 100 Å². The number of nitrogens with one attached hydrogen (secondary N) is 1. The molecule has 0 spiro atoms. The van der Waals surface area contributed by atoms with Crippen molar-refractivity contribution in [1.29, 1.82) is 0 Å². The van der Waals surface area contributed by atoms with Gasteiger partial charge in [0.15, 0.2) is 15.4 Å². The second kappa shape index (κ2) is 35.0. The zero-order valence-electron chi connectivity index (χ0n) is 46.9. The molecule has 16 nitrogen and oxygen atoms in total. The molecule has 1 saturated heterocycles. The van der Waals surface area contributed by atoms with Crippen molar-refractivity contribution in [2.45, 2.75) is 44.4 Å². The SMILES string of the molecule is COc1cccc(C2CCCN(c3nc(-c4ccncc4)cs3)C2=O)c1.COc1cccc(CC(=O)N(CCCBr)c2nc(-c3ccncc3)cs2)c1.COc1cccc(CC(=O)Nc2nc(-c3ccncc3)cs2)c1.OCCCBr.[H-].[Na+]. The van der Waals surface area contributed by atoms with Crippen molar-refractivity contribution in [2.24, 2.45) is 0 Å². The maximum absolute atomic E-state index is 13.1. The normalized spacial score (nSPS) is 12.4. The number of aromatic nitrogens is 6. The molecule has 82 heavy (non-hydrogen) atoms. The van der Waals surface area contributed by atoms with Gasteiger partial charge >= 0.3 is 29.6 Å². The first-order valence-electron chi connectivity index (χ1n) is 25.7. The van der Waals surface area contributed by atoms with Gasteiger partial charge in [-0.05, 0) is 115 Å². The number of piperidine rings is 1. The Morgan fingerprint density at radius 1 is 0.671 bits per heavy atom. The standard InChI is InChI=1S/C20H20BrN3O2S.C20H19N3O2S.C17H15N3O2S.C3H7BrO.Na.H/c1-26-17-5-2-4-15(12-17)13-19(25)24(11-3-8-21)20-23-18(14-27-20)16-6-9-22-10-7-16;1-25-16-5-2-4-15(12-16)17-6-3-11-23(19(17)24)20-22-18(13-26-20)14-7-9-21-10-8-14;1-22-14-4-2-3-12(9-14)10-16(21)20-17-19-15(11-23-17)13-5-7-18-8-6-13;4-2-1-3-5;;/h2,4-7,9-10,12,14H,3,8,11,13H2,1H3;2,4-5,7-10,12-13,17H,3,6,11H2,1H3;2-9,11H,10H2,1H3,(H,19,20,21);5H,1-3H2;;/q;;;;+1;-1. The molecule has 0 bridgehead atoms. The molecule has 1 aliphatic heterocycles. The number of pyridine rings is 3. The van der Waals surface area contributed by atoms with E-state index in [4.69, 9.17) is 19.3 Å². The maximum atomic E-state index is 13.1. The molecule has 0 saturated carbocycles. The number of hydrogen-bond donors (Lipinski definition) is 2. The number of halogens is 2. The molecule has 9 aromatic rings. The average molecular weight is 1300 g/mol. The number of amides is 3. The average Bonchev–Trinajstić information content (AvgIpc) is 4.55. The van der Waals surface area contributed by atoms with Crippen LogP contribution in [0.15, 0.2) is 163 Å². The third-order valence-corrected chi connectivity index (χ3v) is 15.8. The molecular formula is C60H62Br2N9NaO7S3. The van der Waals surface area contributed by atoms with Crippen molar-refractivity contribution in [3.05, 3.63) is 179 Å². The number of nitrogens with zero attached hydrogens (tertiary/aromatic N) is 8. The molecule has 0 aliphatic carbocycles. The van der Waals surface area contributed by atoms with Crippen molar-refractivity contribution in [3.63, 3.8) is 0 Å². The van der Waals surface area contributed by atoms with Gasteiger partial charge in [-0.1, -0.05) is 68.3 Å². The van der Waals surface area contributed by atoms with Crippen molar-refractivity contribution in [1.82, 2.24) is 29.9 Å². The fraction of sp³-hybridized carbons (Fsp3) is 0.250. The Hall–Kier alpha value is -6.27. The Morgan fingerprint density at radius 3 is 1.73 bits per heavy atom. The third kappa shape index (κ3) is 19.7. The first kappa shape index (κ1) is 64.9. The van der Waals surface area contributed by atoms with Gasteiger partial charge in [-0.2, -0.15) is 0 Å². The Balaban J connectivity index is 0.000000217. The van der Waals surface area contributed by atoms with Crippen molar-refractivity contribution in [2.75, 3.05) is 66.8 Å². The number of methoxy groups -OCH3 is 3. The van der Waals surface area contributed by atoms with E-state index in [1.54, 1.807) is 63.4 Å². The molecule has 2 N–H and O–H groups in total. The van der Waals surface area contributed by atoms with E-state index in [9.17, 15) is 14.4 Å². The van der Waals surface area contributed by atoms with Crippen molar-refractivity contribution >= 4 is 99.0 Å². The number of hydrogen-bond acceptors (Lipinski definition) is 16. The van der Waals surface area contributed by atoms with E-state index in [0.717, 1.165) is 114 Å². The van der Waals surface area contributed by atoms with Gasteiger partial charge < -0.3 is 26.1 Å². The number of aliphatic hydroxyl groups is 1. The van der Waals surface area contributed by atoms with Gasteiger partial charge in [0.1, 0.15) is 17.2 Å². The number of carbonyl (C=O) groups excluding carboxylic acids is 3. The van der Waals surface area contributed by atoms with Gasteiger partial charge in [0.25, 0.3) is 0 Å². The van der Waals surface area contributed by atoms with Crippen molar-refractivity contribution in [3.8, 4) is 51.0 Å². The minimum atomic E-state index is -0.146. The van der Waals surface area contributed by atoms with Crippen LogP contribution in [-0.2, 0) is 27.2 Å². The minimum Gasteiger partial charge on any atom is -1.00 e. The molecule has 6 aromatic heterocycles. The van der Waals surface area contributed by atoms with E-state index in [2.05, 4.69) is 67.1 Å². The molecule has 0 radical (unpaired) electrons. The van der Waals surface area contributed by atoms with Gasteiger partial charge in [-0.15, -0.1) is 34.0 Å². The van der Waals surface area contributed by atoms with E-state index in [1.165, 1.54) is 34.0 Å². The zero-order chi connectivity index (χ0) is 57.2. The van der Waals surface area contributed by atoms with E-state index < -0.39 is 0 Å². The Morgan fingerprint density at radius 2 is 1.18 bits per heavy atom. The molecule has 7 heterocycles. The number of anilines is 3. The summed E-state index contributed by atoms with van der Waals surface area (Å²) in [7, 11) is 4.87. The van der Waals surface area contributed by atoms with Crippen LogP contribution in [0.2, 0.25) is 0 Å². The van der Waals surface area contributed by atoms with E-state index in [-0.39, 0.29) is 61.0 Å². The van der Waals surface area contributed by atoms with Crippen LogP contribution >= 0.6 is 65.9 Å². The summed E-state index contributed by atoms with van der Waals surface area (Å²) in [5.41, 5.74) is 8.37. The predicted molar refractivity (Wildman–Crippen MR) is 333 cm³/mol.